The quantitative estimate of drug-likeness (QED) is 0.607. The van der Waals surface area contributed by atoms with Crippen molar-refractivity contribution in [2.75, 3.05) is 32.8 Å². The molecule has 1 aliphatic heterocycles. The van der Waals surface area contributed by atoms with E-state index in [1.165, 1.54) is 6.42 Å². The van der Waals surface area contributed by atoms with Gasteiger partial charge in [0.15, 0.2) is 0 Å². The molecule has 0 saturated carbocycles. The maximum atomic E-state index is 11.0. The van der Waals surface area contributed by atoms with Gasteiger partial charge >= 0.3 is 0 Å². The molecule has 0 atom stereocenters. The Hall–Kier alpha value is -0.410. The summed E-state index contributed by atoms with van der Waals surface area (Å²) in [7, 11) is 0. The minimum atomic E-state index is 0.410. The maximum Gasteiger partial charge on any atom is 0.135 e. The van der Waals surface area contributed by atoms with E-state index < -0.39 is 0 Å². The van der Waals surface area contributed by atoms with Crippen molar-refractivity contribution in [3.05, 3.63) is 0 Å². The number of likely N-dealkylation sites (tertiary alicyclic amines) is 1. The van der Waals surface area contributed by atoms with E-state index in [9.17, 15) is 4.79 Å². The average molecular weight is 199 g/mol. The molecule has 3 nitrogen and oxygen atoms in total. The van der Waals surface area contributed by atoms with Crippen LogP contribution in [0.1, 0.15) is 32.6 Å². The van der Waals surface area contributed by atoms with E-state index in [1.807, 2.05) is 0 Å². The van der Waals surface area contributed by atoms with Crippen LogP contribution in [-0.2, 0) is 9.53 Å². The Bertz CT molecular complexity index is 161. The molecule has 1 rings (SSSR count). The number of rotatable bonds is 6. The van der Waals surface area contributed by atoms with E-state index in [0.29, 0.717) is 5.78 Å². The Kier molecular flexibility index (Phi) is 5.80. The van der Waals surface area contributed by atoms with Gasteiger partial charge in [-0.2, -0.15) is 0 Å². The number of unbranched alkanes of at least 4 members (excludes halogenated alkanes) is 1. The van der Waals surface area contributed by atoms with E-state index >= 15 is 0 Å². The lowest BCUT2D eigenvalue weighted by Gasteiger charge is -2.25. The average Bonchev–Trinajstić information content (AvgIpc) is 2.21. The fraction of sp³-hybridized carbons (Fsp3) is 0.909. The highest BCUT2D eigenvalue weighted by Crippen LogP contribution is 2.04. The van der Waals surface area contributed by atoms with Gasteiger partial charge in [-0.25, -0.2) is 0 Å². The Balaban J connectivity index is 1.94. The predicted octanol–water partition coefficient (Wildman–Crippen LogP) is 1.47. The van der Waals surface area contributed by atoms with E-state index in [1.54, 1.807) is 0 Å². The topological polar surface area (TPSA) is 29.5 Å². The number of hydrogen-bond acceptors (Lipinski definition) is 3. The van der Waals surface area contributed by atoms with Gasteiger partial charge in [-0.3, -0.25) is 4.79 Å². The van der Waals surface area contributed by atoms with Crippen molar-refractivity contribution in [1.82, 2.24) is 4.90 Å². The van der Waals surface area contributed by atoms with Crippen LogP contribution < -0.4 is 0 Å². The van der Waals surface area contributed by atoms with Gasteiger partial charge in [-0.15, -0.1) is 0 Å². The molecule has 1 heterocycles. The first kappa shape index (κ1) is 11.7. The maximum absolute atomic E-state index is 11.0. The lowest BCUT2D eigenvalue weighted by molar-refractivity contribution is -0.121. The molecule has 0 aromatic carbocycles. The molecular formula is C11H21NO2. The largest absolute Gasteiger partial charge is 0.380 e. The van der Waals surface area contributed by atoms with E-state index in [-0.39, 0.29) is 0 Å². The molecule has 0 unspecified atom stereocenters. The molecule has 1 saturated heterocycles. The first-order valence-corrected chi connectivity index (χ1v) is 5.64. The number of ketones is 1. The third-order valence-electron chi connectivity index (χ3n) is 2.61. The van der Waals surface area contributed by atoms with E-state index in [2.05, 4.69) is 11.8 Å². The summed E-state index contributed by atoms with van der Waals surface area (Å²) in [5, 5.41) is 0. The first-order chi connectivity index (χ1) is 6.83. The molecule has 0 aromatic rings. The standard InChI is InChI=1S/C11H21NO2/c1-2-3-9-14-10-8-12-6-4-11(13)5-7-12/h2-10H2,1H3. The van der Waals surface area contributed by atoms with E-state index in [0.717, 1.165) is 52.1 Å². The van der Waals surface area contributed by atoms with E-state index in [4.69, 9.17) is 4.74 Å². The molecule has 14 heavy (non-hydrogen) atoms. The second-order valence-corrected chi connectivity index (χ2v) is 3.85. The smallest absolute Gasteiger partial charge is 0.135 e. The summed E-state index contributed by atoms with van der Waals surface area (Å²) in [4.78, 5) is 13.3. The van der Waals surface area contributed by atoms with Crippen molar-refractivity contribution in [3.8, 4) is 0 Å². The molecule has 1 fully saturated rings. The summed E-state index contributed by atoms with van der Waals surface area (Å²) >= 11 is 0. The molecular weight excluding hydrogens is 178 g/mol. The number of Topliss-reactive ketones (excluding diaryl/α,β-unsaturated/α-hetero) is 1. The van der Waals surface area contributed by atoms with Crippen LogP contribution in [0.15, 0.2) is 0 Å². The number of carbonyl (C=O) groups excluding carboxylic acids is 1. The van der Waals surface area contributed by atoms with Gasteiger partial charge in [0.25, 0.3) is 0 Å². The Labute approximate surface area is 86.4 Å². The number of nitrogens with zero attached hydrogens (tertiary/aromatic N) is 1. The van der Waals surface area contributed by atoms with Crippen molar-refractivity contribution in [1.29, 1.82) is 0 Å². The van der Waals surface area contributed by atoms with Crippen LogP contribution in [0.25, 0.3) is 0 Å². The van der Waals surface area contributed by atoms with Gasteiger partial charge in [0, 0.05) is 39.1 Å². The molecule has 0 aliphatic carbocycles. The molecule has 0 aromatic heterocycles. The summed E-state index contributed by atoms with van der Waals surface area (Å²) in [6.07, 6.45) is 3.81. The molecule has 0 radical (unpaired) electrons. The Morgan fingerprint density at radius 2 is 2.00 bits per heavy atom. The van der Waals surface area contributed by atoms with Crippen molar-refractivity contribution in [2.24, 2.45) is 0 Å². The summed E-state index contributed by atoms with van der Waals surface area (Å²) < 4.78 is 5.48. The highest BCUT2D eigenvalue weighted by atomic mass is 16.5. The third-order valence-corrected chi connectivity index (χ3v) is 2.61. The number of hydrogen-bond donors (Lipinski definition) is 0. The van der Waals surface area contributed by atoms with Gasteiger partial charge in [0.1, 0.15) is 5.78 Å². The summed E-state index contributed by atoms with van der Waals surface area (Å²) in [5.74, 6) is 0.410. The highest BCUT2D eigenvalue weighted by Gasteiger charge is 2.14. The molecule has 0 bridgehead atoms. The molecule has 82 valence electrons. The molecule has 1 aliphatic rings. The highest BCUT2D eigenvalue weighted by molar-refractivity contribution is 5.79. The van der Waals surface area contributed by atoms with Crippen molar-refractivity contribution in [2.45, 2.75) is 32.6 Å². The zero-order chi connectivity index (χ0) is 10.2. The molecule has 0 spiro atoms. The van der Waals surface area contributed by atoms with Crippen LogP contribution in [0.2, 0.25) is 0 Å². The van der Waals surface area contributed by atoms with Crippen molar-refractivity contribution < 1.29 is 9.53 Å². The number of carbonyl (C=O) groups is 1. The normalized spacial score (nSPS) is 18.8. The van der Waals surface area contributed by atoms with Crippen molar-refractivity contribution in [3.63, 3.8) is 0 Å². The van der Waals surface area contributed by atoms with Crippen LogP contribution >= 0.6 is 0 Å². The van der Waals surface area contributed by atoms with Crippen LogP contribution in [-0.4, -0.2) is 43.5 Å². The van der Waals surface area contributed by atoms with Crippen LogP contribution in [0.5, 0.6) is 0 Å². The molecule has 0 amide bonds. The van der Waals surface area contributed by atoms with Gasteiger partial charge in [0.05, 0.1) is 6.61 Å². The predicted molar refractivity (Wildman–Crippen MR) is 56.4 cm³/mol. The lowest BCUT2D eigenvalue weighted by atomic mass is 10.1. The van der Waals surface area contributed by atoms with Gasteiger partial charge in [-0.05, 0) is 6.42 Å². The van der Waals surface area contributed by atoms with Gasteiger partial charge in [0.2, 0.25) is 0 Å². The zero-order valence-electron chi connectivity index (χ0n) is 9.13. The Morgan fingerprint density at radius 3 is 2.64 bits per heavy atom. The SMILES string of the molecule is CCCCOCCN1CCC(=O)CC1. The summed E-state index contributed by atoms with van der Waals surface area (Å²) in [6, 6.07) is 0. The second kappa shape index (κ2) is 6.96. The fourth-order valence-corrected chi connectivity index (χ4v) is 1.57. The minimum Gasteiger partial charge on any atom is -0.380 e. The number of piperidine rings is 1. The third kappa shape index (κ3) is 4.72. The zero-order valence-corrected chi connectivity index (χ0v) is 9.13. The van der Waals surface area contributed by atoms with Crippen LogP contribution in [0.4, 0.5) is 0 Å². The Morgan fingerprint density at radius 1 is 1.29 bits per heavy atom. The minimum absolute atomic E-state index is 0.410. The lowest BCUT2D eigenvalue weighted by Crippen LogP contribution is -2.36. The molecule has 0 N–H and O–H groups in total. The summed E-state index contributed by atoms with van der Waals surface area (Å²) in [6.45, 7) is 6.69. The van der Waals surface area contributed by atoms with Gasteiger partial charge < -0.3 is 9.64 Å². The number of ether oxygens (including phenoxy) is 1. The summed E-state index contributed by atoms with van der Waals surface area (Å²) in [5.41, 5.74) is 0. The van der Waals surface area contributed by atoms with Crippen LogP contribution in [0, 0.1) is 0 Å². The first-order valence-electron chi connectivity index (χ1n) is 5.64. The molecule has 3 heteroatoms. The monoisotopic (exact) mass is 199 g/mol. The van der Waals surface area contributed by atoms with Crippen LogP contribution in [0.3, 0.4) is 0 Å². The fourth-order valence-electron chi connectivity index (χ4n) is 1.57. The second-order valence-electron chi connectivity index (χ2n) is 3.85. The van der Waals surface area contributed by atoms with Gasteiger partial charge in [-0.1, -0.05) is 13.3 Å². The van der Waals surface area contributed by atoms with Crippen molar-refractivity contribution >= 4 is 5.78 Å².